The van der Waals surface area contributed by atoms with Gasteiger partial charge in [0, 0.05) is 0 Å². The predicted molar refractivity (Wildman–Crippen MR) is 43.8 cm³/mol. The van der Waals surface area contributed by atoms with Crippen LogP contribution >= 0.6 is 20.5 Å². The molecule has 1 aliphatic heterocycles. The second kappa shape index (κ2) is 3.69. The van der Waals surface area contributed by atoms with Crippen molar-refractivity contribution in [1.29, 1.82) is 0 Å². The van der Waals surface area contributed by atoms with Gasteiger partial charge in [0.15, 0.2) is 0 Å². The molecular weight excluding hydrogens is 262 g/mol. The van der Waals surface area contributed by atoms with Gasteiger partial charge in [-0.2, -0.15) is 0 Å². The quantitative estimate of drug-likeness (QED) is 0.591. The SMILES string of the molecule is Cl[C]1=CC=CC=[CH][Sn]1[Cl]. The summed E-state index contributed by atoms with van der Waals surface area (Å²) in [7, 11) is 5.94. The molecule has 0 amide bonds. The maximum absolute atomic E-state index is 5.94. The Morgan fingerprint density at radius 3 is 2.78 bits per heavy atom. The van der Waals surface area contributed by atoms with Crippen molar-refractivity contribution in [2.45, 2.75) is 0 Å². The summed E-state index contributed by atoms with van der Waals surface area (Å²) in [4.78, 5) is 0. The fourth-order valence-corrected chi connectivity index (χ4v) is 3.89. The number of allylic oxidation sites excluding steroid dienone is 4. The Balaban J connectivity index is 2.80. The maximum atomic E-state index is 5.94. The Kier molecular flexibility index (Phi) is 3.16. The van der Waals surface area contributed by atoms with Gasteiger partial charge in [-0.3, -0.25) is 0 Å². The van der Waals surface area contributed by atoms with Crippen LogP contribution in [0.1, 0.15) is 0 Å². The Labute approximate surface area is 70.3 Å². The van der Waals surface area contributed by atoms with E-state index in [9.17, 15) is 0 Å². The molecule has 1 rings (SSSR count). The van der Waals surface area contributed by atoms with E-state index in [4.69, 9.17) is 20.5 Å². The van der Waals surface area contributed by atoms with Crippen molar-refractivity contribution >= 4 is 39.2 Å². The van der Waals surface area contributed by atoms with Crippen LogP contribution in [0.5, 0.6) is 0 Å². The van der Waals surface area contributed by atoms with Gasteiger partial charge in [-0.15, -0.1) is 0 Å². The normalized spacial score (nSPS) is 19.6. The monoisotopic (exact) mass is 267 g/mol. The first kappa shape index (κ1) is 7.70. The van der Waals surface area contributed by atoms with Gasteiger partial charge in [0.2, 0.25) is 0 Å². The van der Waals surface area contributed by atoms with Crippen molar-refractivity contribution in [3.05, 3.63) is 31.4 Å². The first-order valence-corrected chi connectivity index (χ1v) is 9.61. The van der Waals surface area contributed by atoms with E-state index in [-0.39, 0.29) is 0 Å². The number of hydrogen-bond donors (Lipinski definition) is 0. The van der Waals surface area contributed by atoms with Crippen molar-refractivity contribution < 1.29 is 0 Å². The molecule has 0 aromatic heterocycles. The fourth-order valence-electron chi connectivity index (χ4n) is 0.503. The molecule has 47 valence electrons. The van der Waals surface area contributed by atoms with E-state index in [1.54, 1.807) is 0 Å². The van der Waals surface area contributed by atoms with Crippen LogP contribution in [-0.2, 0) is 0 Å². The average molecular weight is 267 g/mol. The van der Waals surface area contributed by atoms with Crippen molar-refractivity contribution in [2.75, 3.05) is 0 Å². The Morgan fingerprint density at radius 2 is 2.00 bits per heavy atom. The summed E-state index contributed by atoms with van der Waals surface area (Å²) in [6, 6.07) is 0. The summed E-state index contributed by atoms with van der Waals surface area (Å²) in [5.41, 5.74) is 0. The molecule has 0 saturated heterocycles. The van der Waals surface area contributed by atoms with Crippen LogP contribution in [0.3, 0.4) is 0 Å². The van der Waals surface area contributed by atoms with Crippen molar-refractivity contribution in [3.63, 3.8) is 0 Å². The molecule has 0 aromatic rings. The molecule has 9 heavy (non-hydrogen) atoms. The summed E-state index contributed by atoms with van der Waals surface area (Å²) in [5, 5.41) is 0. The number of hydrogen-bond acceptors (Lipinski definition) is 0. The van der Waals surface area contributed by atoms with Gasteiger partial charge in [0.05, 0.1) is 0 Å². The molecule has 0 atom stereocenters. The molecule has 3 heteroatoms. The Hall–Kier alpha value is 0.599. The molecule has 0 N–H and O–H groups in total. The molecule has 0 saturated carbocycles. The van der Waals surface area contributed by atoms with Gasteiger partial charge in [-0.1, -0.05) is 0 Å². The van der Waals surface area contributed by atoms with Gasteiger partial charge in [-0.25, -0.2) is 0 Å². The number of rotatable bonds is 0. The minimum absolute atomic E-state index is 0.865. The predicted octanol–water partition coefficient (Wildman–Crippen LogP) is 2.54. The van der Waals surface area contributed by atoms with Crippen molar-refractivity contribution in [1.82, 2.24) is 0 Å². The third-order valence-electron chi connectivity index (χ3n) is 0.935. The second-order valence-electron chi connectivity index (χ2n) is 1.61. The van der Waals surface area contributed by atoms with Gasteiger partial charge in [0.1, 0.15) is 0 Å². The van der Waals surface area contributed by atoms with Crippen LogP contribution in [-0.4, -0.2) is 18.6 Å². The second-order valence-corrected chi connectivity index (χ2v) is 10.1. The summed E-state index contributed by atoms with van der Waals surface area (Å²) in [5.74, 6) is 0. The fraction of sp³-hybridized carbons (Fsp3) is 0. The van der Waals surface area contributed by atoms with E-state index in [2.05, 4.69) is 0 Å². The first-order chi connectivity index (χ1) is 4.30. The van der Waals surface area contributed by atoms with Crippen LogP contribution in [0.2, 0.25) is 0 Å². The van der Waals surface area contributed by atoms with Crippen LogP contribution in [0.4, 0.5) is 0 Å². The van der Waals surface area contributed by atoms with Gasteiger partial charge >= 0.3 is 70.6 Å². The van der Waals surface area contributed by atoms with E-state index >= 15 is 0 Å². The van der Waals surface area contributed by atoms with E-state index in [0.29, 0.717) is 0 Å². The minimum atomic E-state index is -1.89. The van der Waals surface area contributed by atoms with Crippen LogP contribution in [0, 0.1) is 0 Å². The van der Waals surface area contributed by atoms with E-state index in [1.165, 1.54) is 0 Å². The van der Waals surface area contributed by atoms with E-state index in [1.807, 2.05) is 28.4 Å². The number of halogens is 2. The third-order valence-corrected chi connectivity index (χ3v) is 8.45. The van der Waals surface area contributed by atoms with Crippen molar-refractivity contribution in [3.8, 4) is 0 Å². The Morgan fingerprint density at radius 1 is 1.22 bits per heavy atom. The Bertz CT molecular complexity index is 181. The summed E-state index contributed by atoms with van der Waals surface area (Å²) < 4.78 is 2.90. The molecule has 1 heterocycles. The molecule has 0 fully saturated rings. The zero-order valence-corrected chi connectivity index (χ0v) is 9.01. The standard InChI is InChI=1S/C6H5Cl.ClH.Sn/c1-2-3-4-5-6-7;;/h1-5H;1H;/q;;+1/p-1. The molecule has 0 bridgehead atoms. The van der Waals surface area contributed by atoms with Gasteiger partial charge in [-0.05, 0) is 0 Å². The third kappa shape index (κ3) is 2.36. The molecular formula is C6H5Cl2Sn. The summed E-state index contributed by atoms with van der Waals surface area (Å²) in [6.07, 6.45) is 7.70. The molecule has 0 aromatic carbocycles. The van der Waals surface area contributed by atoms with Crippen LogP contribution in [0.15, 0.2) is 31.4 Å². The molecule has 0 aliphatic carbocycles. The molecule has 1 radical (unpaired) electrons. The van der Waals surface area contributed by atoms with Crippen molar-refractivity contribution in [2.24, 2.45) is 0 Å². The van der Waals surface area contributed by atoms with E-state index in [0.717, 1.165) is 3.05 Å². The van der Waals surface area contributed by atoms with Crippen LogP contribution < -0.4 is 0 Å². The van der Waals surface area contributed by atoms with Gasteiger partial charge in [0.25, 0.3) is 0 Å². The topological polar surface area (TPSA) is 0 Å². The zero-order chi connectivity index (χ0) is 6.69. The molecule has 1 aliphatic rings. The summed E-state index contributed by atoms with van der Waals surface area (Å²) in [6.45, 7) is 0. The van der Waals surface area contributed by atoms with E-state index < -0.39 is 18.6 Å². The molecule has 0 spiro atoms. The van der Waals surface area contributed by atoms with Gasteiger partial charge < -0.3 is 0 Å². The summed E-state index contributed by atoms with van der Waals surface area (Å²) >= 11 is 3.90. The van der Waals surface area contributed by atoms with Crippen LogP contribution in [0.25, 0.3) is 0 Å². The average Bonchev–Trinajstić information content (AvgIpc) is 1.99. The zero-order valence-electron chi connectivity index (χ0n) is 4.64. The molecule has 0 unspecified atom stereocenters. The molecule has 0 nitrogen and oxygen atoms in total. The first-order valence-electron chi connectivity index (χ1n) is 2.54.